The molecule has 0 aliphatic rings. The van der Waals surface area contributed by atoms with Crippen LogP contribution in [0.25, 0.3) is 0 Å². The van der Waals surface area contributed by atoms with Gasteiger partial charge in [-0.05, 0) is 25.3 Å². The molecule has 0 heterocycles. The maximum atomic E-state index is 10.8. The highest BCUT2D eigenvalue weighted by atomic mass is 16.5. The molecule has 0 atom stereocenters. The largest absolute Gasteiger partial charge is 0.545 e. The lowest BCUT2D eigenvalue weighted by atomic mass is 10.2. The number of carboxylic acid groups (broad SMARTS) is 1. The van der Waals surface area contributed by atoms with Crippen LogP contribution in [0.2, 0.25) is 0 Å². The van der Waals surface area contributed by atoms with E-state index in [1.807, 2.05) is 0 Å². The Morgan fingerprint density at radius 1 is 1.13 bits per heavy atom. The van der Waals surface area contributed by atoms with Crippen LogP contribution >= 0.6 is 0 Å². The number of carbonyl (C=O) groups is 2. The van der Waals surface area contributed by atoms with Crippen LogP contribution in [-0.4, -0.2) is 30.3 Å². The van der Waals surface area contributed by atoms with Crippen molar-refractivity contribution >= 4 is 11.9 Å². The zero-order chi connectivity index (χ0) is 11.5. The van der Waals surface area contributed by atoms with E-state index in [-0.39, 0.29) is 13.2 Å². The molecule has 0 aliphatic heterocycles. The van der Waals surface area contributed by atoms with Gasteiger partial charge in [0.2, 0.25) is 0 Å². The quantitative estimate of drug-likeness (QED) is 0.331. The molecule has 5 nitrogen and oxygen atoms in total. The number of aliphatic carboxylic acids is 1. The molecule has 0 saturated heterocycles. The van der Waals surface area contributed by atoms with Gasteiger partial charge in [-0.3, -0.25) is 0 Å². The maximum Gasteiger partial charge on any atom is 0.330 e. The molecule has 0 aromatic heterocycles. The summed E-state index contributed by atoms with van der Waals surface area (Å²) in [6, 6.07) is 0. The number of aliphatic hydroxyl groups is 1. The van der Waals surface area contributed by atoms with E-state index in [1.54, 1.807) is 0 Å². The second-order valence-corrected chi connectivity index (χ2v) is 2.96. The SMILES string of the molecule is O=C([O-])/C=C/C(=O)OCCCCCCO. The normalized spacial score (nSPS) is 10.5. The molecule has 0 radical (unpaired) electrons. The van der Waals surface area contributed by atoms with E-state index in [4.69, 9.17) is 9.84 Å². The van der Waals surface area contributed by atoms with Crippen LogP contribution < -0.4 is 5.11 Å². The standard InChI is InChI=1S/C10H16O5/c11-7-3-1-2-4-8-15-10(14)6-5-9(12)13/h5-6,11H,1-4,7-8H2,(H,12,13)/p-1/b6-5+. The van der Waals surface area contributed by atoms with Gasteiger partial charge in [0.15, 0.2) is 0 Å². The number of ether oxygens (including phenoxy) is 1. The number of esters is 1. The first kappa shape index (κ1) is 13.6. The molecule has 0 amide bonds. The van der Waals surface area contributed by atoms with Crippen LogP contribution in [0, 0.1) is 0 Å². The van der Waals surface area contributed by atoms with Gasteiger partial charge in [0.05, 0.1) is 12.6 Å². The summed E-state index contributed by atoms with van der Waals surface area (Å²) in [4.78, 5) is 20.7. The summed E-state index contributed by atoms with van der Waals surface area (Å²) in [6.07, 6.45) is 4.68. The van der Waals surface area contributed by atoms with Gasteiger partial charge in [-0.2, -0.15) is 0 Å². The van der Waals surface area contributed by atoms with Gasteiger partial charge in [0, 0.05) is 12.7 Å². The zero-order valence-electron chi connectivity index (χ0n) is 8.48. The van der Waals surface area contributed by atoms with E-state index in [2.05, 4.69) is 0 Å². The van der Waals surface area contributed by atoms with E-state index >= 15 is 0 Å². The highest BCUT2D eigenvalue weighted by Gasteiger charge is 1.96. The molecule has 0 aromatic rings. The Labute approximate surface area is 88.4 Å². The highest BCUT2D eigenvalue weighted by Crippen LogP contribution is 1.99. The molecule has 1 N–H and O–H groups in total. The van der Waals surface area contributed by atoms with Crippen LogP contribution in [0.4, 0.5) is 0 Å². The van der Waals surface area contributed by atoms with Gasteiger partial charge in [-0.1, -0.05) is 6.42 Å². The van der Waals surface area contributed by atoms with Gasteiger partial charge in [-0.15, -0.1) is 0 Å². The van der Waals surface area contributed by atoms with Crippen molar-refractivity contribution in [1.29, 1.82) is 0 Å². The van der Waals surface area contributed by atoms with Gasteiger partial charge in [0.1, 0.15) is 0 Å². The summed E-state index contributed by atoms with van der Waals surface area (Å²) in [6.45, 7) is 0.440. The smallest absolute Gasteiger partial charge is 0.330 e. The summed E-state index contributed by atoms with van der Waals surface area (Å²) in [5.74, 6) is -2.10. The predicted octanol–water partition coefficient (Wildman–Crippen LogP) is -0.612. The van der Waals surface area contributed by atoms with Crippen LogP contribution in [-0.2, 0) is 14.3 Å². The van der Waals surface area contributed by atoms with E-state index in [0.717, 1.165) is 25.3 Å². The molecule has 86 valence electrons. The first-order valence-corrected chi connectivity index (χ1v) is 4.83. The van der Waals surface area contributed by atoms with Crippen molar-refractivity contribution in [2.45, 2.75) is 25.7 Å². The van der Waals surface area contributed by atoms with Crippen LogP contribution in [0.5, 0.6) is 0 Å². The van der Waals surface area contributed by atoms with Gasteiger partial charge < -0.3 is 19.7 Å². The minimum Gasteiger partial charge on any atom is -0.545 e. The molecule has 15 heavy (non-hydrogen) atoms. The number of carbonyl (C=O) groups excluding carboxylic acids is 2. The second-order valence-electron chi connectivity index (χ2n) is 2.96. The minimum atomic E-state index is -1.42. The Morgan fingerprint density at radius 3 is 2.40 bits per heavy atom. The van der Waals surface area contributed by atoms with Crippen molar-refractivity contribution in [3.8, 4) is 0 Å². The fourth-order valence-electron chi connectivity index (χ4n) is 0.924. The molecular weight excluding hydrogens is 200 g/mol. The molecule has 0 saturated carbocycles. The van der Waals surface area contributed by atoms with Gasteiger partial charge in [0.25, 0.3) is 0 Å². The molecule has 0 aromatic carbocycles. The Balaban J connectivity index is 3.35. The second kappa shape index (κ2) is 9.21. The number of unbranched alkanes of at least 4 members (excludes halogenated alkanes) is 3. The first-order valence-electron chi connectivity index (χ1n) is 4.83. The third kappa shape index (κ3) is 10.6. The third-order valence-electron chi connectivity index (χ3n) is 1.65. The summed E-state index contributed by atoms with van der Waals surface area (Å²) >= 11 is 0. The first-order chi connectivity index (χ1) is 7.16. The Kier molecular flexibility index (Phi) is 8.37. The lowest BCUT2D eigenvalue weighted by Gasteiger charge is -2.01. The van der Waals surface area contributed by atoms with E-state index in [0.29, 0.717) is 12.5 Å². The average molecular weight is 215 g/mol. The van der Waals surface area contributed by atoms with Crippen molar-refractivity contribution in [3.05, 3.63) is 12.2 Å². The molecular formula is C10H15O5-. The van der Waals surface area contributed by atoms with E-state index in [1.165, 1.54) is 0 Å². The average Bonchev–Trinajstić information content (AvgIpc) is 2.20. The van der Waals surface area contributed by atoms with Crippen molar-refractivity contribution < 1.29 is 24.5 Å². The minimum absolute atomic E-state index is 0.175. The monoisotopic (exact) mass is 215 g/mol. The van der Waals surface area contributed by atoms with Crippen molar-refractivity contribution in [2.75, 3.05) is 13.2 Å². The third-order valence-corrected chi connectivity index (χ3v) is 1.65. The summed E-state index contributed by atoms with van der Waals surface area (Å²) in [5.41, 5.74) is 0. The molecule has 0 fully saturated rings. The number of aliphatic hydroxyl groups excluding tert-OH is 1. The van der Waals surface area contributed by atoms with Crippen LogP contribution in [0.15, 0.2) is 12.2 Å². The summed E-state index contributed by atoms with van der Waals surface area (Å²) in [5, 5.41) is 18.4. The summed E-state index contributed by atoms with van der Waals surface area (Å²) in [7, 11) is 0. The van der Waals surface area contributed by atoms with Crippen molar-refractivity contribution in [1.82, 2.24) is 0 Å². The fraction of sp³-hybridized carbons (Fsp3) is 0.600. The van der Waals surface area contributed by atoms with Crippen molar-refractivity contribution in [3.63, 3.8) is 0 Å². The van der Waals surface area contributed by atoms with Crippen LogP contribution in [0.3, 0.4) is 0 Å². The topological polar surface area (TPSA) is 86.7 Å². The molecule has 0 spiro atoms. The number of hydrogen-bond donors (Lipinski definition) is 1. The Bertz CT molecular complexity index is 222. The zero-order valence-corrected chi connectivity index (χ0v) is 8.48. The molecule has 5 heteroatoms. The van der Waals surface area contributed by atoms with E-state index < -0.39 is 11.9 Å². The predicted molar refractivity (Wildman–Crippen MR) is 50.7 cm³/mol. The Morgan fingerprint density at radius 2 is 1.80 bits per heavy atom. The maximum absolute atomic E-state index is 10.8. The van der Waals surface area contributed by atoms with E-state index in [9.17, 15) is 14.7 Å². The van der Waals surface area contributed by atoms with Crippen LogP contribution in [0.1, 0.15) is 25.7 Å². The molecule has 0 unspecified atom stereocenters. The molecule has 0 rings (SSSR count). The highest BCUT2D eigenvalue weighted by molar-refractivity contribution is 5.89. The Hall–Kier alpha value is -1.36. The number of hydrogen-bond acceptors (Lipinski definition) is 5. The number of carboxylic acids is 1. The fourth-order valence-corrected chi connectivity index (χ4v) is 0.924. The van der Waals surface area contributed by atoms with Gasteiger partial charge >= 0.3 is 5.97 Å². The summed E-state index contributed by atoms with van der Waals surface area (Å²) < 4.78 is 4.69. The lowest BCUT2D eigenvalue weighted by molar-refractivity contribution is -0.297. The lowest BCUT2D eigenvalue weighted by Crippen LogP contribution is -2.19. The number of rotatable bonds is 8. The molecule has 0 bridgehead atoms. The van der Waals surface area contributed by atoms with Gasteiger partial charge in [-0.25, -0.2) is 4.79 Å². The molecule has 0 aliphatic carbocycles. The van der Waals surface area contributed by atoms with Crippen molar-refractivity contribution in [2.24, 2.45) is 0 Å².